The van der Waals surface area contributed by atoms with E-state index in [1.54, 1.807) is 27.6 Å². The zero-order valence-corrected chi connectivity index (χ0v) is 26.1. The minimum Gasteiger partial charge on any atom is -0.456 e. The molecule has 0 bridgehead atoms. The number of rotatable bonds is 1. The molecule has 0 saturated heterocycles. The molecule has 4 unspecified atom stereocenters. The average Bonchev–Trinajstić information content (AvgIpc) is 3.49. The van der Waals surface area contributed by atoms with Crippen LogP contribution in [0.15, 0.2) is 95.4 Å². The summed E-state index contributed by atoms with van der Waals surface area (Å²) in [5.74, 6) is 0.624. The lowest BCUT2D eigenvalue weighted by Crippen LogP contribution is -2.63. The monoisotopic (exact) mass is 568 g/mol. The van der Waals surface area contributed by atoms with Crippen LogP contribution in [0.5, 0.6) is 0 Å². The Kier molecular flexibility index (Phi) is 4.81. The van der Waals surface area contributed by atoms with Gasteiger partial charge in [0, 0.05) is 22.6 Å². The zero-order chi connectivity index (χ0) is 29.5. The van der Waals surface area contributed by atoms with Gasteiger partial charge in [0.05, 0.1) is 0 Å². The van der Waals surface area contributed by atoms with Gasteiger partial charge in [-0.15, -0.1) is 0 Å². The molecule has 1 nitrogen and oxygen atoms in total. The average molecular weight is 569 g/mol. The van der Waals surface area contributed by atoms with Gasteiger partial charge in [0.2, 0.25) is 6.71 Å². The maximum Gasteiger partial charge on any atom is 0.242 e. The normalized spacial score (nSPS) is 26.0. The van der Waals surface area contributed by atoms with Crippen molar-refractivity contribution in [2.45, 2.75) is 70.6 Å². The van der Waals surface area contributed by atoms with Crippen LogP contribution in [-0.2, 0) is 5.41 Å². The SMILES string of the molecule is Cc1ccc2c(c1)C(c1ccc3c(c1)oc1ccccc13)c1cc(C)cc3c1B2c1cccc2c1C3C1(C)CCCCC21C. The van der Waals surface area contributed by atoms with Crippen LogP contribution < -0.4 is 16.4 Å². The van der Waals surface area contributed by atoms with Gasteiger partial charge in [-0.1, -0.05) is 133 Å². The molecular weight excluding hydrogens is 531 g/mol. The van der Waals surface area contributed by atoms with Crippen molar-refractivity contribution in [2.24, 2.45) is 5.41 Å². The van der Waals surface area contributed by atoms with Crippen LogP contribution in [0.3, 0.4) is 0 Å². The number of para-hydroxylation sites is 1. The first-order chi connectivity index (χ1) is 21.4. The molecule has 4 aliphatic rings. The predicted octanol–water partition coefficient (Wildman–Crippen LogP) is 8.51. The standard InChI is InChI=1S/C42H37BO/c1-24-14-17-33-29(20-24)37(26-15-16-28-27-10-5-6-13-35(27)44-36(28)23-26)30-21-25(2)22-31-39-38-32(11-9-12-34(38)43(33)40(30)31)41(3)18-7-8-19-42(39,41)4/h5-6,9-17,20-23,37,39H,7-8,18-19H2,1-4H3. The Morgan fingerprint density at radius 3 is 2.39 bits per heavy atom. The van der Waals surface area contributed by atoms with Gasteiger partial charge >= 0.3 is 0 Å². The van der Waals surface area contributed by atoms with E-state index in [0.29, 0.717) is 5.92 Å². The summed E-state index contributed by atoms with van der Waals surface area (Å²) in [7, 11) is 0. The Balaban J connectivity index is 1.29. The summed E-state index contributed by atoms with van der Waals surface area (Å²) in [5.41, 5.74) is 19.0. The molecule has 44 heavy (non-hydrogen) atoms. The topological polar surface area (TPSA) is 13.1 Å². The van der Waals surface area contributed by atoms with Crippen molar-refractivity contribution in [3.8, 4) is 0 Å². The second kappa shape index (κ2) is 8.36. The highest BCUT2D eigenvalue weighted by molar-refractivity contribution is 6.97. The Hall–Kier alpha value is -4.04. The van der Waals surface area contributed by atoms with Crippen molar-refractivity contribution in [3.63, 3.8) is 0 Å². The van der Waals surface area contributed by atoms with Gasteiger partial charge in [-0.3, -0.25) is 0 Å². The number of furan rings is 1. The fraction of sp³-hybridized carbons (Fsp3) is 0.286. The molecule has 0 N–H and O–H groups in total. The van der Waals surface area contributed by atoms with Gasteiger partial charge in [0.1, 0.15) is 11.2 Å². The first kappa shape index (κ1) is 25.3. The van der Waals surface area contributed by atoms with Crippen molar-refractivity contribution < 1.29 is 4.42 Å². The molecule has 214 valence electrons. The first-order valence-electron chi connectivity index (χ1n) is 16.7. The summed E-state index contributed by atoms with van der Waals surface area (Å²) >= 11 is 0. The molecular formula is C42H37BO. The van der Waals surface area contributed by atoms with Crippen molar-refractivity contribution in [1.82, 2.24) is 0 Å². The first-order valence-corrected chi connectivity index (χ1v) is 16.7. The van der Waals surface area contributed by atoms with Crippen LogP contribution in [0.2, 0.25) is 0 Å². The van der Waals surface area contributed by atoms with E-state index in [4.69, 9.17) is 4.42 Å². The summed E-state index contributed by atoms with van der Waals surface area (Å²) in [6, 6.07) is 35.2. The van der Waals surface area contributed by atoms with Crippen molar-refractivity contribution in [1.29, 1.82) is 0 Å². The van der Waals surface area contributed by atoms with Crippen LogP contribution in [0, 0.1) is 19.3 Å². The summed E-state index contributed by atoms with van der Waals surface area (Å²) in [5, 5.41) is 2.39. The summed E-state index contributed by atoms with van der Waals surface area (Å²) in [6.45, 7) is 10.1. The van der Waals surface area contributed by atoms with Gasteiger partial charge in [-0.25, -0.2) is 0 Å². The third-order valence-electron chi connectivity index (χ3n) is 12.8. The van der Waals surface area contributed by atoms with Crippen molar-refractivity contribution in [3.05, 3.63) is 136 Å². The molecule has 1 saturated carbocycles. The molecule has 0 amide bonds. The minimum absolute atomic E-state index is 0.170. The number of hydrogen-bond donors (Lipinski definition) is 0. The smallest absolute Gasteiger partial charge is 0.242 e. The van der Waals surface area contributed by atoms with Gasteiger partial charge in [-0.2, -0.15) is 0 Å². The molecule has 0 spiro atoms. The fourth-order valence-corrected chi connectivity index (χ4v) is 10.7. The summed E-state index contributed by atoms with van der Waals surface area (Å²) < 4.78 is 6.46. The molecule has 10 rings (SSSR count). The molecule has 5 aromatic carbocycles. The molecule has 2 aliphatic carbocycles. The minimum atomic E-state index is 0.170. The lowest BCUT2D eigenvalue weighted by molar-refractivity contribution is 0.0926. The van der Waals surface area contributed by atoms with E-state index >= 15 is 0 Å². The highest BCUT2D eigenvalue weighted by atomic mass is 16.3. The zero-order valence-electron chi connectivity index (χ0n) is 26.1. The Labute approximate surface area is 260 Å². The molecule has 4 atom stereocenters. The van der Waals surface area contributed by atoms with Crippen molar-refractivity contribution in [2.75, 3.05) is 0 Å². The number of benzene rings is 5. The summed E-state index contributed by atoms with van der Waals surface area (Å²) in [6.07, 6.45) is 5.28. The molecule has 3 heterocycles. The van der Waals surface area contributed by atoms with Crippen LogP contribution >= 0.6 is 0 Å². The molecule has 2 heteroatoms. The highest BCUT2D eigenvalue weighted by Crippen LogP contribution is 2.67. The van der Waals surface area contributed by atoms with E-state index in [9.17, 15) is 0 Å². The van der Waals surface area contributed by atoms with Crippen LogP contribution in [0.25, 0.3) is 21.9 Å². The molecule has 1 fully saturated rings. The summed E-state index contributed by atoms with van der Waals surface area (Å²) in [4.78, 5) is 0. The Morgan fingerprint density at radius 2 is 1.48 bits per heavy atom. The van der Waals surface area contributed by atoms with Crippen LogP contribution in [0.4, 0.5) is 0 Å². The third-order valence-corrected chi connectivity index (χ3v) is 12.8. The quantitative estimate of drug-likeness (QED) is 0.181. The van der Waals surface area contributed by atoms with E-state index in [2.05, 4.69) is 119 Å². The van der Waals surface area contributed by atoms with Gasteiger partial charge < -0.3 is 4.42 Å². The number of aryl methyl sites for hydroxylation is 2. The van der Waals surface area contributed by atoms with Gasteiger partial charge in [0.25, 0.3) is 0 Å². The Morgan fingerprint density at radius 1 is 0.682 bits per heavy atom. The second-order valence-corrected chi connectivity index (χ2v) is 14.9. The third kappa shape index (κ3) is 2.93. The molecule has 1 aromatic heterocycles. The highest BCUT2D eigenvalue weighted by Gasteiger charge is 2.62. The van der Waals surface area contributed by atoms with Gasteiger partial charge in [-0.05, 0) is 83.0 Å². The Bertz CT molecular complexity index is 2220. The fourth-order valence-electron chi connectivity index (χ4n) is 10.7. The number of fused-ring (bicyclic) bond motifs is 10. The van der Waals surface area contributed by atoms with E-state index in [0.717, 1.165) is 11.2 Å². The van der Waals surface area contributed by atoms with Crippen molar-refractivity contribution >= 4 is 45.0 Å². The molecule has 0 radical (unpaired) electrons. The predicted molar refractivity (Wildman–Crippen MR) is 184 cm³/mol. The second-order valence-electron chi connectivity index (χ2n) is 14.9. The van der Waals surface area contributed by atoms with Crippen LogP contribution in [-0.4, -0.2) is 6.71 Å². The van der Waals surface area contributed by atoms with E-state index < -0.39 is 0 Å². The lowest BCUT2D eigenvalue weighted by Gasteiger charge is -2.50. The molecule has 2 aliphatic heterocycles. The maximum absolute atomic E-state index is 6.46. The lowest BCUT2D eigenvalue weighted by atomic mass is 9.28. The van der Waals surface area contributed by atoms with E-state index in [-0.39, 0.29) is 23.5 Å². The maximum atomic E-state index is 6.46. The van der Waals surface area contributed by atoms with E-state index in [1.165, 1.54) is 69.7 Å². The van der Waals surface area contributed by atoms with Crippen LogP contribution in [0.1, 0.15) is 95.9 Å². The molecule has 6 aromatic rings. The van der Waals surface area contributed by atoms with E-state index in [1.807, 2.05) is 0 Å². The van der Waals surface area contributed by atoms with Gasteiger partial charge in [0.15, 0.2) is 0 Å². The number of hydrogen-bond acceptors (Lipinski definition) is 1. The largest absolute Gasteiger partial charge is 0.456 e.